The van der Waals surface area contributed by atoms with Crippen molar-refractivity contribution in [1.29, 1.82) is 0 Å². The molecule has 0 spiro atoms. The van der Waals surface area contributed by atoms with Gasteiger partial charge in [0.25, 0.3) is 0 Å². The maximum absolute atomic E-state index is 13.1. The van der Waals surface area contributed by atoms with Gasteiger partial charge in [-0.3, -0.25) is 0 Å². The highest BCUT2D eigenvalue weighted by Crippen LogP contribution is 2.32. The van der Waals surface area contributed by atoms with Crippen molar-refractivity contribution in [3.05, 3.63) is 46.6 Å². The molecule has 0 amide bonds. The van der Waals surface area contributed by atoms with Gasteiger partial charge in [0.2, 0.25) is 0 Å². The van der Waals surface area contributed by atoms with E-state index in [2.05, 4.69) is 15.3 Å². The number of hydrogen-bond donors (Lipinski definition) is 1. The molecule has 27 heavy (non-hydrogen) atoms. The van der Waals surface area contributed by atoms with Crippen LogP contribution in [-0.4, -0.2) is 33.4 Å². The second kappa shape index (κ2) is 8.57. The zero-order chi connectivity index (χ0) is 20.2. The lowest BCUT2D eigenvalue weighted by molar-refractivity contribution is -0.138. The molecule has 0 bridgehead atoms. The number of nitrogens with zero attached hydrogens (tertiary/aromatic N) is 2. The molecule has 2 rings (SSSR count). The van der Waals surface area contributed by atoms with Gasteiger partial charge in [0.15, 0.2) is 0 Å². The number of esters is 1. The number of halogens is 3. The smallest absolute Gasteiger partial charge is 0.416 e. The van der Waals surface area contributed by atoms with E-state index in [4.69, 9.17) is 4.74 Å². The molecule has 6 nitrogen and oxygen atoms in total. The molecular formula is C17H18F3N3O3S. The molecule has 146 valence electrons. The van der Waals surface area contributed by atoms with Crippen molar-refractivity contribution in [1.82, 2.24) is 9.97 Å². The van der Waals surface area contributed by atoms with Crippen molar-refractivity contribution in [2.75, 3.05) is 18.2 Å². The molecule has 10 heteroatoms. The average Bonchev–Trinajstić information content (AvgIpc) is 2.59. The molecule has 1 N–H and O–H groups in total. The van der Waals surface area contributed by atoms with Gasteiger partial charge in [0, 0.05) is 17.7 Å². The third kappa shape index (κ3) is 5.33. The molecule has 1 aromatic carbocycles. The minimum atomic E-state index is -4.46. The van der Waals surface area contributed by atoms with Gasteiger partial charge in [-0.2, -0.15) is 23.1 Å². The number of rotatable bonds is 6. The van der Waals surface area contributed by atoms with Crippen LogP contribution in [0.4, 0.5) is 19.0 Å². The number of benzene rings is 1. The largest absolute Gasteiger partial charge is 0.609 e. The van der Waals surface area contributed by atoms with Crippen LogP contribution >= 0.6 is 0 Å². The van der Waals surface area contributed by atoms with Gasteiger partial charge in [-0.25, -0.2) is 4.79 Å². The maximum Gasteiger partial charge on any atom is 0.416 e. The molecule has 2 aromatic rings. The number of carbonyl (C=O) groups is 1. The Bertz CT molecular complexity index is 829. The lowest BCUT2D eigenvalue weighted by atomic mass is 10.0. The van der Waals surface area contributed by atoms with Gasteiger partial charge in [0.1, 0.15) is 17.6 Å². The van der Waals surface area contributed by atoms with E-state index in [1.807, 2.05) is 0 Å². The number of ether oxygens (including phenoxy) is 1. The molecule has 0 saturated carbocycles. The average molecular weight is 401 g/mol. The lowest BCUT2D eigenvalue weighted by Gasteiger charge is -2.14. The van der Waals surface area contributed by atoms with Crippen LogP contribution in [0.1, 0.15) is 34.0 Å². The summed E-state index contributed by atoms with van der Waals surface area (Å²) in [5, 5.41) is 2.80. The zero-order valence-corrected chi connectivity index (χ0v) is 15.7. The molecule has 1 unspecified atom stereocenters. The number of anilines is 1. The first kappa shape index (κ1) is 21.0. The second-order valence-corrected chi connectivity index (χ2v) is 6.86. The predicted octanol–water partition coefficient (Wildman–Crippen LogP) is 3.33. The van der Waals surface area contributed by atoms with Crippen LogP contribution in [-0.2, 0) is 28.6 Å². The monoisotopic (exact) mass is 401 g/mol. The Morgan fingerprint density at radius 1 is 1.37 bits per heavy atom. The molecule has 1 aromatic heterocycles. The quantitative estimate of drug-likeness (QED) is 0.454. The molecule has 0 radical (unpaired) electrons. The SMILES string of the molecule is CCOC(=O)c1cnc([S+](C)[O-])nc1NCc1ccc(C)c(C(F)(F)F)c1. The van der Waals surface area contributed by atoms with Crippen LogP contribution in [0.5, 0.6) is 0 Å². The summed E-state index contributed by atoms with van der Waals surface area (Å²) in [6, 6.07) is 3.95. The standard InChI is InChI=1S/C17H18F3N3O3S/c1-4-26-15(24)12-9-22-16(27(3)25)23-14(12)21-8-11-6-5-10(2)13(7-11)17(18,19)20/h5-7,9H,4,8H2,1-3H3,(H,21,22,23). The summed E-state index contributed by atoms with van der Waals surface area (Å²) >= 11 is -1.49. The first-order valence-electron chi connectivity index (χ1n) is 7.91. The van der Waals surface area contributed by atoms with Crippen LogP contribution in [0.2, 0.25) is 0 Å². The number of carbonyl (C=O) groups excluding carboxylic acids is 1. The lowest BCUT2D eigenvalue weighted by Crippen LogP contribution is -2.15. The minimum absolute atomic E-state index is 0.00852. The van der Waals surface area contributed by atoms with Crippen LogP contribution in [0.3, 0.4) is 0 Å². The van der Waals surface area contributed by atoms with Crippen LogP contribution < -0.4 is 5.32 Å². The van der Waals surface area contributed by atoms with Gasteiger partial charge in [0.05, 0.1) is 18.4 Å². The van der Waals surface area contributed by atoms with Gasteiger partial charge in [-0.15, -0.1) is 0 Å². The van der Waals surface area contributed by atoms with Gasteiger partial charge in [-0.1, -0.05) is 12.1 Å². The van der Waals surface area contributed by atoms with Crippen molar-refractivity contribution in [3.8, 4) is 0 Å². The van der Waals surface area contributed by atoms with E-state index in [0.29, 0.717) is 5.56 Å². The first-order valence-corrected chi connectivity index (χ1v) is 9.47. The molecule has 0 saturated heterocycles. The number of nitrogens with one attached hydrogen (secondary N) is 1. The Kier molecular flexibility index (Phi) is 6.66. The summed E-state index contributed by atoms with van der Waals surface area (Å²) in [5.41, 5.74) is -0.260. The fourth-order valence-corrected chi connectivity index (χ4v) is 2.69. The fraction of sp³-hybridized carbons (Fsp3) is 0.353. The van der Waals surface area contributed by atoms with E-state index in [1.54, 1.807) is 13.0 Å². The highest BCUT2D eigenvalue weighted by Gasteiger charge is 2.32. The van der Waals surface area contributed by atoms with Crippen molar-refractivity contribution >= 4 is 23.0 Å². The molecular weight excluding hydrogens is 383 g/mol. The summed E-state index contributed by atoms with van der Waals surface area (Å²) in [6.45, 7) is 3.12. The van der Waals surface area contributed by atoms with E-state index in [1.165, 1.54) is 25.4 Å². The van der Waals surface area contributed by atoms with Crippen molar-refractivity contribution in [2.45, 2.75) is 31.7 Å². The Hall–Kier alpha value is -2.33. The third-order valence-corrected chi connectivity index (χ3v) is 4.30. The Labute approximate surface area is 157 Å². The Morgan fingerprint density at radius 3 is 2.67 bits per heavy atom. The molecule has 0 aliphatic heterocycles. The number of alkyl halides is 3. The van der Waals surface area contributed by atoms with E-state index < -0.39 is 28.9 Å². The highest BCUT2D eigenvalue weighted by atomic mass is 32.2. The topological polar surface area (TPSA) is 87.2 Å². The maximum atomic E-state index is 13.1. The van der Waals surface area contributed by atoms with E-state index in [0.717, 1.165) is 6.07 Å². The third-order valence-electron chi connectivity index (χ3n) is 3.59. The summed E-state index contributed by atoms with van der Waals surface area (Å²) in [4.78, 5) is 19.9. The van der Waals surface area contributed by atoms with Crippen LogP contribution in [0.15, 0.2) is 29.6 Å². The van der Waals surface area contributed by atoms with Crippen molar-refractivity contribution < 1.29 is 27.3 Å². The van der Waals surface area contributed by atoms with Crippen LogP contribution in [0, 0.1) is 6.92 Å². The number of hydrogen-bond acceptors (Lipinski definition) is 6. The molecule has 0 aliphatic carbocycles. The summed E-state index contributed by atoms with van der Waals surface area (Å²) < 4.78 is 55.7. The van der Waals surface area contributed by atoms with Gasteiger partial charge >= 0.3 is 17.3 Å². The Balaban J connectivity index is 2.31. The normalized spacial score (nSPS) is 12.6. The van der Waals surface area contributed by atoms with Crippen molar-refractivity contribution in [3.63, 3.8) is 0 Å². The first-order chi connectivity index (χ1) is 12.6. The van der Waals surface area contributed by atoms with Crippen molar-refractivity contribution in [2.24, 2.45) is 0 Å². The van der Waals surface area contributed by atoms with E-state index in [9.17, 15) is 22.5 Å². The molecule has 1 heterocycles. The number of aryl methyl sites for hydroxylation is 1. The van der Waals surface area contributed by atoms with E-state index in [-0.39, 0.29) is 35.3 Å². The number of aromatic nitrogens is 2. The highest BCUT2D eigenvalue weighted by molar-refractivity contribution is 7.90. The predicted molar refractivity (Wildman–Crippen MR) is 93.8 cm³/mol. The summed E-state index contributed by atoms with van der Waals surface area (Å²) in [5.74, 6) is -0.642. The minimum Gasteiger partial charge on any atom is -0.609 e. The molecule has 1 atom stereocenters. The molecule has 0 aliphatic rings. The molecule has 0 fully saturated rings. The summed E-state index contributed by atoms with van der Waals surface area (Å²) in [7, 11) is 0. The second-order valence-electron chi connectivity index (χ2n) is 5.59. The van der Waals surface area contributed by atoms with E-state index >= 15 is 0 Å². The zero-order valence-electron chi connectivity index (χ0n) is 14.9. The Morgan fingerprint density at radius 2 is 2.07 bits per heavy atom. The van der Waals surface area contributed by atoms with Gasteiger partial charge < -0.3 is 14.6 Å². The van der Waals surface area contributed by atoms with Gasteiger partial charge in [-0.05, 0) is 31.0 Å². The summed E-state index contributed by atoms with van der Waals surface area (Å²) in [6.07, 6.45) is -1.91. The van der Waals surface area contributed by atoms with Crippen LogP contribution in [0.25, 0.3) is 0 Å². The fourth-order valence-electron chi connectivity index (χ4n) is 2.27.